The lowest BCUT2D eigenvalue weighted by atomic mass is 9.75. The van der Waals surface area contributed by atoms with Crippen molar-refractivity contribution >= 4 is 5.78 Å². The molecule has 3 aliphatic heterocycles. The van der Waals surface area contributed by atoms with E-state index in [0.717, 1.165) is 0 Å². The molecule has 2 aromatic carbocycles. The minimum atomic E-state index is -2.18. The van der Waals surface area contributed by atoms with E-state index >= 15 is 0 Å². The molecule has 10 heteroatoms. The number of aliphatic hydroxyl groups excluding tert-OH is 1. The highest BCUT2D eigenvalue weighted by atomic mass is 16.6. The third-order valence-corrected chi connectivity index (χ3v) is 6.76. The number of methoxy groups -OCH3 is 3. The van der Waals surface area contributed by atoms with Gasteiger partial charge in [0, 0.05) is 24.8 Å². The van der Waals surface area contributed by atoms with E-state index in [-0.39, 0.29) is 46.3 Å². The fourth-order valence-corrected chi connectivity index (χ4v) is 4.90. The maximum absolute atomic E-state index is 13.8. The lowest BCUT2D eigenvalue weighted by Crippen LogP contribution is -2.58. The third kappa shape index (κ3) is 2.82. The Bertz CT molecular complexity index is 1190. The van der Waals surface area contributed by atoms with Crippen LogP contribution in [-0.4, -0.2) is 66.8 Å². The van der Waals surface area contributed by atoms with Crippen LogP contribution < -0.4 is 23.7 Å². The molecule has 0 radical (unpaired) electrons. The number of aromatic hydroxyl groups is 1. The van der Waals surface area contributed by atoms with E-state index in [4.69, 9.17) is 28.4 Å². The number of Topliss-reactive ketones (excluding diaryl/α,β-unsaturated/α-hetero) is 1. The van der Waals surface area contributed by atoms with Crippen LogP contribution in [0.25, 0.3) is 0 Å². The van der Waals surface area contributed by atoms with Gasteiger partial charge in [-0.05, 0) is 19.9 Å². The van der Waals surface area contributed by atoms with Gasteiger partial charge >= 0.3 is 0 Å². The molecule has 34 heavy (non-hydrogen) atoms. The summed E-state index contributed by atoms with van der Waals surface area (Å²) >= 11 is 0. The quantitative estimate of drug-likeness (QED) is 0.605. The van der Waals surface area contributed by atoms with Crippen molar-refractivity contribution in [2.24, 2.45) is 0 Å². The number of aliphatic hydroxyl groups is 2. The van der Waals surface area contributed by atoms with Gasteiger partial charge in [0.1, 0.15) is 53.0 Å². The lowest BCUT2D eigenvalue weighted by molar-refractivity contribution is -0.127. The monoisotopic (exact) mass is 474 g/mol. The molecule has 4 atom stereocenters. The van der Waals surface area contributed by atoms with Crippen LogP contribution in [-0.2, 0) is 10.3 Å². The average molecular weight is 474 g/mol. The molecule has 0 saturated carbocycles. The molecule has 0 amide bonds. The fourth-order valence-electron chi connectivity index (χ4n) is 4.90. The number of fused-ring (bicyclic) bond motifs is 6. The van der Waals surface area contributed by atoms with Crippen molar-refractivity contribution in [2.45, 2.75) is 43.4 Å². The molecule has 3 N–H and O–H groups in total. The fraction of sp³-hybridized carbons (Fsp3) is 0.458. The van der Waals surface area contributed by atoms with Crippen LogP contribution >= 0.6 is 0 Å². The minimum absolute atomic E-state index is 0.0244. The second kappa shape index (κ2) is 7.39. The summed E-state index contributed by atoms with van der Waals surface area (Å²) in [7, 11) is 4.31. The molecular formula is C24H26O10. The van der Waals surface area contributed by atoms with E-state index in [1.165, 1.54) is 39.5 Å². The number of rotatable bonds is 3. The molecule has 0 aromatic heterocycles. The molecule has 3 aliphatic rings. The first-order valence-electron chi connectivity index (χ1n) is 10.7. The molecule has 0 aliphatic carbocycles. The molecular weight excluding hydrogens is 448 g/mol. The second-order valence-electron chi connectivity index (χ2n) is 9.03. The predicted octanol–water partition coefficient (Wildman–Crippen LogP) is 1.85. The van der Waals surface area contributed by atoms with E-state index in [9.17, 15) is 20.1 Å². The number of ether oxygens (including phenoxy) is 6. The van der Waals surface area contributed by atoms with Gasteiger partial charge in [-0.25, -0.2) is 0 Å². The zero-order valence-electron chi connectivity index (χ0n) is 19.4. The maximum atomic E-state index is 13.8. The number of phenols is 1. The summed E-state index contributed by atoms with van der Waals surface area (Å²) in [5.41, 5.74) is -3.05. The number of hydrogen-bond acceptors (Lipinski definition) is 10. The topological polar surface area (TPSA) is 133 Å². The molecule has 0 bridgehead atoms. The Morgan fingerprint density at radius 2 is 1.74 bits per heavy atom. The smallest absolute Gasteiger partial charge is 0.210 e. The summed E-state index contributed by atoms with van der Waals surface area (Å²) in [5, 5.41) is 33.4. The Morgan fingerprint density at radius 1 is 1.06 bits per heavy atom. The van der Waals surface area contributed by atoms with Crippen LogP contribution in [0, 0.1) is 0 Å². The van der Waals surface area contributed by atoms with Crippen molar-refractivity contribution in [1.29, 1.82) is 0 Å². The summed E-state index contributed by atoms with van der Waals surface area (Å²) in [4.78, 5) is 13.8. The maximum Gasteiger partial charge on any atom is 0.210 e. The van der Waals surface area contributed by atoms with E-state index in [1.807, 2.05) is 0 Å². The first kappa shape index (κ1) is 22.6. The van der Waals surface area contributed by atoms with Gasteiger partial charge in [0.25, 0.3) is 0 Å². The van der Waals surface area contributed by atoms with E-state index in [0.29, 0.717) is 5.75 Å². The van der Waals surface area contributed by atoms with Gasteiger partial charge in [0.05, 0.1) is 19.8 Å². The third-order valence-electron chi connectivity index (χ3n) is 6.76. The van der Waals surface area contributed by atoms with Crippen molar-refractivity contribution in [1.82, 2.24) is 0 Å². The summed E-state index contributed by atoms with van der Waals surface area (Å²) in [6.07, 6.45) is -3.17. The number of carbonyl (C=O) groups is 1. The summed E-state index contributed by atoms with van der Waals surface area (Å²) < 4.78 is 34.0. The highest BCUT2D eigenvalue weighted by Gasteiger charge is 2.59. The second-order valence-corrected chi connectivity index (χ2v) is 9.03. The molecule has 10 nitrogen and oxygen atoms in total. The Labute approximate surface area is 195 Å². The van der Waals surface area contributed by atoms with Gasteiger partial charge in [0.15, 0.2) is 23.2 Å². The zero-order chi connectivity index (χ0) is 24.6. The average Bonchev–Trinajstić information content (AvgIpc) is 2.80. The number of carbonyl (C=O) groups excluding carboxylic acids is 1. The molecule has 0 spiro atoms. The SMILES string of the molecule is COc1cc2c(cc1OC)[C@]1(O)C(=O)c3c(O)cc4c(c3O[C@@H]1CO2)[C@H](OC)[C@H](O)C(C)(C)O4. The highest BCUT2D eigenvalue weighted by Crippen LogP contribution is 2.56. The van der Waals surface area contributed by atoms with Crippen LogP contribution in [0.5, 0.6) is 34.5 Å². The van der Waals surface area contributed by atoms with Crippen molar-refractivity contribution in [2.75, 3.05) is 27.9 Å². The lowest BCUT2D eigenvalue weighted by Gasteiger charge is -2.46. The van der Waals surface area contributed by atoms with Crippen molar-refractivity contribution in [3.8, 4) is 34.5 Å². The van der Waals surface area contributed by atoms with Gasteiger partial charge in [-0.2, -0.15) is 0 Å². The zero-order valence-corrected chi connectivity index (χ0v) is 19.4. The van der Waals surface area contributed by atoms with Crippen LogP contribution in [0.4, 0.5) is 0 Å². The number of phenolic OH excluding ortho intramolecular Hbond substituents is 1. The first-order chi connectivity index (χ1) is 16.1. The largest absolute Gasteiger partial charge is 0.507 e. The summed E-state index contributed by atoms with van der Waals surface area (Å²) in [6, 6.07) is 4.24. The normalized spacial score (nSPS) is 28.2. The summed E-state index contributed by atoms with van der Waals surface area (Å²) in [5.74, 6) is -0.161. The van der Waals surface area contributed by atoms with Crippen molar-refractivity contribution in [3.05, 3.63) is 34.9 Å². The van der Waals surface area contributed by atoms with E-state index in [2.05, 4.69) is 0 Å². The van der Waals surface area contributed by atoms with Gasteiger partial charge in [-0.15, -0.1) is 0 Å². The molecule has 5 rings (SSSR count). The van der Waals surface area contributed by atoms with Crippen molar-refractivity contribution in [3.63, 3.8) is 0 Å². The Kier molecular flexibility index (Phi) is 4.91. The van der Waals surface area contributed by atoms with Crippen LogP contribution in [0.3, 0.4) is 0 Å². The van der Waals surface area contributed by atoms with Crippen LogP contribution in [0.15, 0.2) is 18.2 Å². The molecule has 0 fully saturated rings. The predicted molar refractivity (Wildman–Crippen MR) is 116 cm³/mol. The Balaban J connectivity index is 1.72. The van der Waals surface area contributed by atoms with Crippen LogP contribution in [0.1, 0.15) is 41.4 Å². The summed E-state index contributed by atoms with van der Waals surface area (Å²) in [6.45, 7) is 3.20. The number of benzene rings is 2. The standard InChI is InChI=1S/C24H26O10/c1-23(2)22(27)20(31-5)18-15(34-23)7-11(25)17-19(18)33-16-9-32-12-8-14(30-4)13(29-3)6-10(12)24(16,28)21(17)26/h6-8,16,20,22,25,27-28H,9H2,1-5H3/t16-,20+,22+,24-/m1/s1. The number of hydrogen-bond donors (Lipinski definition) is 3. The minimum Gasteiger partial charge on any atom is -0.507 e. The Hall–Kier alpha value is -3.21. The molecule has 0 unspecified atom stereocenters. The number of ketones is 1. The Morgan fingerprint density at radius 3 is 2.38 bits per heavy atom. The van der Waals surface area contributed by atoms with Gasteiger partial charge in [-0.1, -0.05) is 0 Å². The van der Waals surface area contributed by atoms with E-state index in [1.54, 1.807) is 13.8 Å². The van der Waals surface area contributed by atoms with Gasteiger partial charge in [0.2, 0.25) is 5.78 Å². The van der Waals surface area contributed by atoms with E-state index < -0.39 is 41.0 Å². The molecule has 3 heterocycles. The highest BCUT2D eigenvalue weighted by molar-refractivity contribution is 6.09. The molecule has 182 valence electrons. The molecule has 0 saturated heterocycles. The van der Waals surface area contributed by atoms with Gasteiger partial charge in [-0.3, -0.25) is 4.79 Å². The van der Waals surface area contributed by atoms with Crippen molar-refractivity contribution < 1.29 is 48.5 Å². The van der Waals surface area contributed by atoms with Crippen LogP contribution in [0.2, 0.25) is 0 Å². The first-order valence-corrected chi connectivity index (χ1v) is 10.7. The molecule has 2 aromatic rings. The van der Waals surface area contributed by atoms with Gasteiger partial charge < -0.3 is 43.7 Å².